The van der Waals surface area contributed by atoms with Crippen molar-refractivity contribution in [3.8, 4) is 5.75 Å². The molecule has 0 radical (unpaired) electrons. The average molecular weight is 277 g/mol. The Balaban J connectivity index is 1.96. The summed E-state index contributed by atoms with van der Waals surface area (Å²) in [7, 11) is 1.69. The molecule has 4 nitrogen and oxygen atoms in total. The zero-order chi connectivity index (χ0) is 14.4. The lowest BCUT2D eigenvalue weighted by Crippen LogP contribution is -2.32. The molecule has 1 aliphatic carbocycles. The van der Waals surface area contributed by atoms with Gasteiger partial charge < -0.3 is 14.8 Å². The zero-order valence-corrected chi connectivity index (χ0v) is 12.3. The summed E-state index contributed by atoms with van der Waals surface area (Å²) >= 11 is 0. The van der Waals surface area contributed by atoms with Crippen LogP contribution in [0.5, 0.6) is 5.75 Å². The van der Waals surface area contributed by atoms with E-state index in [0.717, 1.165) is 25.0 Å². The highest BCUT2D eigenvalue weighted by Gasteiger charge is 2.21. The molecular formula is C16H23NO3. The summed E-state index contributed by atoms with van der Waals surface area (Å²) in [4.78, 5) is 11.6. The van der Waals surface area contributed by atoms with Crippen LogP contribution >= 0.6 is 0 Å². The van der Waals surface area contributed by atoms with Gasteiger partial charge in [0.15, 0.2) is 0 Å². The monoisotopic (exact) mass is 277 g/mol. The number of fused-ring (bicyclic) bond motifs is 1. The lowest BCUT2D eigenvalue weighted by Gasteiger charge is -2.26. The molecule has 0 aromatic heterocycles. The largest absolute Gasteiger partial charge is 0.497 e. The van der Waals surface area contributed by atoms with Crippen molar-refractivity contribution < 1.29 is 14.3 Å². The quantitative estimate of drug-likeness (QED) is 0.867. The Morgan fingerprint density at radius 1 is 1.45 bits per heavy atom. The van der Waals surface area contributed by atoms with Crippen LogP contribution in [0.15, 0.2) is 18.2 Å². The number of amides is 1. The Morgan fingerprint density at radius 2 is 2.30 bits per heavy atom. The molecule has 1 N–H and O–H groups in total. The van der Waals surface area contributed by atoms with Gasteiger partial charge in [-0.3, -0.25) is 4.79 Å². The molecular weight excluding hydrogens is 254 g/mol. The Bertz CT molecular complexity index is 459. The molecule has 1 amide bonds. The number of hydrogen-bond donors (Lipinski definition) is 1. The smallest absolute Gasteiger partial charge is 0.246 e. The number of hydrogen-bond acceptors (Lipinski definition) is 3. The van der Waals surface area contributed by atoms with E-state index in [9.17, 15) is 4.79 Å². The van der Waals surface area contributed by atoms with E-state index in [1.54, 1.807) is 7.11 Å². The Labute approximate surface area is 120 Å². The van der Waals surface area contributed by atoms with Crippen LogP contribution in [0.25, 0.3) is 0 Å². The molecule has 1 aromatic rings. The molecule has 20 heavy (non-hydrogen) atoms. The fraction of sp³-hybridized carbons (Fsp3) is 0.562. The van der Waals surface area contributed by atoms with Gasteiger partial charge in [0.1, 0.15) is 12.4 Å². The van der Waals surface area contributed by atoms with Gasteiger partial charge in [-0.05, 0) is 49.4 Å². The highest BCUT2D eigenvalue weighted by Crippen LogP contribution is 2.33. The number of methoxy groups -OCH3 is 1. The zero-order valence-electron chi connectivity index (χ0n) is 12.3. The van der Waals surface area contributed by atoms with Crippen molar-refractivity contribution in [2.75, 3.05) is 26.9 Å². The van der Waals surface area contributed by atoms with Gasteiger partial charge in [0.25, 0.3) is 0 Å². The van der Waals surface area contributed by atoms with Crippen molar-refractivity contribution in [3.05, 3.63) is 29.3 Å². The van der Waals surface area contributed by atoms with Crippen molar-refractivity contribution in [2.24, 2.45) is 0 Å². The summed E-state index contributed by atoms with van der Waals surface area (Å²) < 4.78 is 10.4. The Morgan fingerprint density at radius 3 is 3.05 bits per heavy atom. The molecule has 1 aliphatic rings. The van der Waals surface area contributed by atoms with Gasteiger partial charge in [-0.2, -0.15) is 0 Å². The summed E-state index contributed by atoms with van der Waals surface area (Å²) in [6.07, 6.45) is 3.37. The maximum atomic E-state index is 11.6. The van der Waals surface area contributed by atoms with Crippen LogP contribution in [0.1, 0.15) is 36.8 Å². The van der Waals surface area contributed by atoms with Crippen molar-refractivity contribution in [3.63, 3.8) is 0 Å². The molecule has 0 saturated carbocycles. The third-order valence-corrected chi connectivity index (χ3v) is 3.77. The second-order valence-electron chi connectivity index (χ2n) is 5.10. The maximum absolute atomic E-state index is 11.6. The number of benzene rings is 1. The molecule has 0 bridgehead atoms. The van der Waals surface area contributed by atoms with Crippen LogP contribution in [0.3, 0.4) is 0 Å². The molecule has 110 valence electrons. The SMILES string of the molecule is CCOCC(=O)NC[C@H]1CCCc2cc(OC)ccc21. The molecule has 0 unspecified atom stereocenters. The lowest BCUT2D eigenvalue weighted by molar-refractivity contribution is -0.125. The first-order valence-electron chi connectivity index (χ1n) is 7.25. The Kier molecular flexibility index (Phi) is 5.41. The topological polar surface area (TPSA) is 47.6 Å². The van der Waals surface area contributed by atoms with Crippen molar-refractivity contribution in [2.45, 2.75) is 32.1 Å². The van der Waals surface area contributed by atoms with E-state index in [4.69, 9.17) is 9.47 Å². The molecule has 1 aromatic carbocycles. The third-order valence-electron chi connectivity index (χ3n) is 3.77. The summed E-state index contributed by atoms with van der Waals surface area (Å²) in [5.41, 5.74) is 2.69. The molecule has 1 atom stereocenters. The van der Waals surface area contributed by atoms with Crippen LogP contribution in [0, 0.1) is 0 Å². The van der Waals surface area contributed by atoms with E-state index in [0.29, 0.717) is 19.1 Å². The first-order chi connectivity index (χ1) is 9.74. The average Bonchev–Trinajstić information content (AvgIpc) is 2.50. The highest BCUT2D eigenvalue weighted by atomic mass is 16.5. The van der Waals surface area contributed by atoms with Gasteiger partial charge in [0.05, 0.1) is 7.11 Å². The number of aryl methyl sites for hydroxylation is 1. The predicted molar refractivity (Wildman–Crippen MR) is 78.2 cm³/mol. The number of rotatable bonds is 6. The minimum absolute atomic E-state index is 0.0347. The molecule has 2 rings (SSSR count). The van der Waals surface area contributed by atoms with Gasteiger partial charge in [-0.25, -0.2) is 0 Å². The third kappa shape index (κ3) is 3.73. The molecule has 4 heteroatoms. The summed E-state index contributed by atoms with van der Waals surface area (Å²) in [5, 5.41) is 2.96. The minimum Gasteiger partial charge on any atom is -0.497 e. The van der Waals surface area contributed by atoms with Gasteiger partial charge in [0.2, 0.25) is 5.91 Å². The van der Waals surface area contributed by atoms with Crippen LogP contribution in [0.2, 0.25) is 0 Å². The van der Waals surface area contributed by atoms with E-state index >= 15 is 0 Å². The van der Waals surface area contributed by atoms with Crippen molar-refractivity contribution >= 4 is 5.91 Å². The van der Waals surface area contributed by atoms with Gasteiger partial charge in [-0.1, -0.05) is 6.07 Å². The highest BCUT2D eigenvalue weighted by molar-refractivity contribution is 5.77. The van der Waals surface area contributed by atoms with E-state index in [-0.39, 0.29) is 12.5 Å². The normalized spacial score (nSPS) is 17.4. The fourth-order valence-corrected chi connectivity index (χ4v) is 2.71. The molecule has 0 saturated heterocycles. The van der Waals surface area contributed by atoms with Crippen LogP contribution < -0.4 is 10.1 Å². The van der Waals surface area contributed by atoms with Crippen LogP contribution in [0.4, 0.5) is 0 Å². The molecule has 0 heterocycles. The molecule has 0 aliphatic heterocycles. The molecule has 0 spiro atoms. The number of ether oxygens (including phenoxy) is 2. The first kappa shape index (κ1) is 14.9. The van der Waals surface area contributed by atoms with Crippen molar-refractivity contribution in [1.29, 1.82) is 0 Å². The lowest BCUT2D eigenvalue weighted by atomic mass is 9.82. The van der Waals surface area contributed by atoms with E-state index in [1.807, 2.05) is 13.0 Å². The van der Waals surface area contributed by atoms with Gasteiger partial charge >= 0.3 is 0 Å². The fourth-order valence-electron chi connectivity index (χ4n) is 2.71. The summed E-state index contributed by atoms with van der Waals surface area (Å²) in [6.45, 7) is 3.29. The second kappa shape index (κ2) is 7.29. The van der Waals surface area contributed by atoms with Crippen LogP contribution in [-0.2, 0) is 16.0 Å². The standard InChI is InChI=1S/C16H23NO3/c1-3-20-11-16(18)17-10-13-6-4-5-12-9-14(19-2)7-8-15(12)13/h7-9,13H,3-6,10-11H2,1-2H3,(H,17,18)/t13-/m1/s1. The van der Waals surface area contributed by atoms with E-state index in [1.165, 1.54) is 11.1 Å². The number of carbonyl (C=O) groups is 1. The van der Waals surface area contributed by atoms with Gasteiger partial charge in [0, 0.05) is 19.1 Å². The first-order valence-corrected chi connectivity index (χ1v) is 7.25. The van der Waals surface area contributed by atoms with Gasteiger partial charge in [-0.15, -0.1) is 0 Å². The van der Waals surface area contributed by atoms with E-state index < -0.39 is 0 Å². The van der Waals surface area contributed by atoms with E-state index in [2.05, 4.69) is 17.4 Å². The minimum atomic E-state index is -0.0347. The van der Waals surface area contributed by atoms with Crippen molar-refractivity contribution in [1.82, 2.24) is 5.32 Å². The summed E-state index contributed by atoms with van der Waals surface area (Å²) in [6, 6.07) is 6.25. The second-order valence-corrected chi connectivity index (χ2v) is 5.10. The van der Waals surface area contributed by atoms with Crippen LogP contribution in [-0.4, -0.2) is 32.8 Å². The summed E-state index contributed by atoms with van der Waals surface area (Å²) in [5.74, 6) is 1.27. The number of nitrogens with one attached hydrogen (secondary N) is 1. The maximum Gasteiger partial charge on any atom is 0.246 e. The Hall–Kier alpha value is -1.55. The molecule has 0 fully saturated rings. The predicted octanol–water partition coefficient (Wildman–Crippen LogP) is 2.27. The number of carbonyl (C=O) groups excluding carboxylic acids is 1.